The van der Waals surface area contributed by atoms with Crippen molar-refractivity contribution in [2.45, 2.75) is 38.1 Å². The van der Waals surface area contributed by atoms with E-state index < -0.39 is 0 Å². The van der Waals surface area contributed by atoms with Gasteiger partial charge in [0.25, 0.3) is 0 Å². The van der Waals surface area contributed by atoms with E-state index in [0.29, 0.717) is 6.54 Å². The van der Waals surface area contributed by atoms with Gasteiger partial charge in [0.1, 0.15) is 5.75 Å². The lowest BCUT2D eigenvalue weighted by molar-refractivity contribution is -0.127. The molecule has 1 heterocycles. The maximum Gasteiger partial charge on any atom is 0.223 e. The average Bonchev–Trinajstić information content (AvgIpc) is 3.00. The molecule has 1 aliphatic heterocycles. The summed E-state index contributed by atoms with van der Waals surface area (Å²) in [6.45, 7) is 2.92. The Kier molecular flexibility index (Phi) is 4.98. The third kappa shape index (κ3) is 3.43. The van der Waals surface area contributed by atoms with Gasteiger partial charge in [0.2, 0.25) is 5.91 Å². The van der Waals surface area contributed by atoms with Crippen LogP contribution in [0.1, 0.15) is 43.7 Å². The summed E-state index contributed by atoms with van der Waals surface area (Å²) in [6.07, 6.45) is 5.80. The van der Waals surface area contributed by atoms with Crippen LogP contribution < -0.4 is 10.1 Å². The number of benzene rings is 1. The molecule has 22 heavy (non-hydrogen) atoms. The summed E-state index contributed by atoms with van der Waals surface area (Å²) >= 11 is 0. The second kappa shape index (κ2) is 7.14. The summed E-state index contributed by atoms with van der Waals surface area (Å²) in [5, 5.41) is 3.18. The summed E-state index contributed by atoms with van der Waals surface area (Å²) in [5.41, 5.74) is 1.23. The van der Waals surface area contributed by atoms with Gasteiger partial charge in [-0.05, 0) is 56.5 Å². The summed E-state index contributed by atoms with van der Waals surface area (Å²) < 4.78 is 5.35. The van der Waals surface area contributed by atoms with Crippen LogP contribution in [0.15, 0.2) is 24.3 Å². The number of hydrogen-bond acceptors (Lipinski definition) is 3. The number of ether oxygens (including phenoxy) is 1. The van der Waals surface area contributed by atoms with Gasteiger partial charge < -0.3 is 10.1 Å². The van der Waals surface area contributed by atoms with Gasteiger partial charge in [-0.3, -0.25) is 9.69 Å². The lowest BCUT2D eigenvalue weighted by Gasteiger charge is -2.30. The van der Waals surface area contributed by atoms with E-state index >= 15 is 0 Å². The molecule has 1 aromatic carbocycles. The first-order valence-corrected chi connectivity index (χ1v) is 8.43. The Bertz CT molecular complexity index is 508. The molecule has 1 aliphatic carbocycles. The van der Waals surface area contributed by atoms with E-state index in [1.54, 1.807) is 7.11 Å². The minimum atomic E-state index is 0.235. The Labute approximate surface area is 132 Å². The van der Waals surface area contributed by atoms with Crippen molar-refractivity contribution in [2.75, 3.05) is 26.7 Å². The fourth-order valence-corrected chi connectivity index (χ4v) is 3.37. The van der Waals surface area contributed by atoms with Gasteiger partial charge in [0, 0.05) is 12.5 Å². The fourth-order valence-electron chi connectivity index (χ4n) is 3.37. The molecule has 0 radical (unpaired) electrons. The Morgan fingerprint density at radius 3 is 2.73 bits per heavy atom. The largest absolute Gasteiger partial charge is 0.497 e. The van der Waals surface area contributed by atoms with Crippen LogP contribution in [0.25, 0.3) is 0 Å². The zero-order valence-corrected chi connectivity index (χ0v) is 13.4. The average molecular weight is 302 g/mol. The van der Waals surface area contributed by atoms with E-state index in [4.69, 9.17) is 4.74 Å². The summed E-state index contributed by atoms with van der Waals surface area (Å²) in [6, 6.07) is 8.49. The molecule has 3 rings (SSSR count). The number of hydrogen-bond donors (Lipinski definition) is 1. The van der Waals surface area contributed by atoms with Gasteiger partial charge in [-0.1, -0.05) is 18.6 Å². The molecule has 0 aromatic heterocycles. The van der Waals surface area contributed by atoms with Crippen LogP contribution in [0, 0.1) is 5.92 Å². The first-order chi connectivity index (χ1) is 10.8. The van der Waals surface area contributed by atoms with Crippen molar-refractivity contribution in [1.82, 2.24) is 10.2 Å². The normalized spacial score (nSPS) is 20.4. The van der Waals surface area contributed by atoms with E-state index in [-0.39, 0.29) is 17.9 Å². The van der Waals surface area contributed by atoms with Crippen molar-refractivity contribution in [3.05, 3.63) is 29.8 Å². The monoisotopic (exact) mass is 302 g/mol. The highest BCUT2D eigenvalue weighted by atomic mass is 16.5. The van der Waals surface area contributed by atoms with Gasteiger partial charge >= 0.3 is 0 Å². The summed E-state index contributed by atoms with van der Waals surface area (Å²) in [5.74, 6) is 1.37. The van der Waals surface area contributed by atoms with Gasteiger partial charge in [-0.25, -0.2) is 0 Å². The molecule has 1 saturated carbocycles. The van der Waals surface area contributed by atoms with E-state index in [9.17, 15) is 4.79 Å². The molecule has 4 heteroatoms. The molecular weight excluding hydrogens is 276 g/mol. The van der Waals surface area contributed by atoms with E-state index in [1.165, 1.54) is 24.8 Å². The highest BCUT2D eigenvalue weighted by Crippen LogP contribution is 2.29. The van der Waals surface area contributed by atoms with Gasteiger partial charge in [-0.15, -0.1) is 0 Å². The highest BCUT2D eigenvalue weighted by molar-refractivity contribution is 5.79. The molecule has 120 valence electrons. The van der Waals surface area contributed by atoms with E-state index in [1.807, 2.05) is 12.1 Å². The number of amides is 1. The van der Waals surface area contributed by atoms with Crippen LogP contribution in [0.2, 0.25) is 0 Å². The lowest BCUT2D eigenvalue weighted by Crippen LogP contribution is -2.40. The summed E-state index contributed by atoms with van der Waals surface area (Å²) in [4.78, 5) is 14.6. The first kappa shape index (κ1) is 15.3. The molecule has 1 N–H and O–H groups in total. The maximum absolute atomic E-state index is 12.1. The zero-order valence-electron chi connectivity index (χ0n) is 13.4. The van der Waals surface area contributed by atoms with Crippen molar-refractivity contribution < 1.29 is 9.53 Å². The minimum Gasteiger partial charge on any atom is -0.497 e. The number of carbonyl (C=O) groups excluding carboxylic acids is 1. The van der Waals surface area contributed by atoms with E-state index in [2.05, 4.69) is 22.3 Å². The number of rotatable bonds is 6. The highest BCUT2D eigenvalue weighted by Gasteiger charge is 2.28. The Morgan fingerprint density at radius 1 is 1.32 bits per heavy atom. The van der Waals surface area contributed by atoms with Gasteiger partial charge in [0.05, 0.1) is 13.2 Å². The molecular formula is C18H26N2O2. The smallest absolute Gasteiger partial charge is 0.223 e. The predicted molar refractivity (Wildman–Crippen MR) is 86.9 cm³/mol. The molecule has 0 unspecified atom stereocenters. The molecule has 2 fully saturated rings. The van der Waals surface area contributed by atoms with Crippen molar-refractivity contribution >= 4 is 5.91 Å². The number of nitrogens with one attached hydrogen (secondary N) is 1. The van der Waals surface area contributed by atoms with Crippen molar-refractivity contribution in [3.8, 4) is 5.75 Å². The molecule has 0 spiro atoms. The van der Waals surface area contributed by atoms with Crippen molar-refractivity contribution in [2.24, 2.45) is 5.92 Å². The Hall–Kier alpha value is -1.55. The van der Waals surface area contributed by atoms with Crippen LogP contribution in [-0.4, -0.2) is 37.6 Å². The number of methoxy groups -OCH3 is 1. The zero-order chi connectivity index (χ0) is 15.4. The van der Waals surface area contributed by atoms with Crippen molar-refractivity contribution in [1.29, 1.82) is 0 Å². The Balaban J connectivity index is 1.69. The molecule has 1 atom stereocenters. The van der Waals surface area contributed by atoms with Crippen LogP contribution in [0.5, 0.6) is 5.75 Å². The minimum absolute atomic E-state index is 0.235. The maximum atomic E-state index is 12.1. The fraction of sp³-hybridized carbons (Fsp3) is 0.611. The molecule has 2 aliphatic rings. The topological polar surface area (TPSA) is 41.6 Å². The third-order valence-electron chi connectivity index (χ3n) is 5.01. The van der Waals surface area contributed by atoms with Crippen LogP contribution >= 0.6 is 0 Å². The SMILES string of the molecule is COc1cccc([C@@H](CNC(=O)C2CCC2)N2CCCC2)c1. The molecule has 1 saturated heterocycles. The van der Waals surface area contributed by atoms with Crippen LogP contribution in [0.3, 0.4) is 0 Å². The number of nitrogens with zero attached hydrogens (tertiary/aromatic N) is 1. The molecule has 1 amide bonds. The third-order valence-corrected chi connectivity index (χ3v) is 5.01. The number of carbonyl (C=O) groups is 1. The Morgan fingerprint density at radius 2 is 2.09 bits per heavy atom. The van der Waals surface area contributed by atoms with Crippen LogP contribution in [-0.2, 0) is 4.79 Å². The second-order valence-corrected chi connectivity index (χ2v) is 6.41. The van der Waals surface area contributed by atoms with Gasteiger partial charge in [-0.2, -0.15) is 0 Å². The second-order valence-electron chi connectivity index (χ2n) is 6.41. The lowest BCUT2D eigenvalue weighted by atomic mass is 9.85. The quantitative estimate of drug-likeness (QED) is 0.878. The van der Waals surface area contributed by atoms with Gasteiger partial charge in [0.15, 0.2) is 0 Å². The first-order valence-electron chi connectivity index (χ1n) is 8.43. The molecule has 0 bridgehead atoms. The number of likely N-dealkylation sites (tertiary alicyclic amines) is 1. The van der Waals surface area contributed by atoms with Crippen molar-refractivity contribution in [3.63, 3.8) is 0 Å². The standard InChI is InChI=1S/C18H26N2O2/c1-22-16-9-5-8-15(12-16)17(20-10-2-3-11-20)13-19-18(21)14-6-4-7-14/h5,8-9,12,14,17H,2-4,6-7,10-11,13H2,1H3,(H,19,21)/t17-/m1/s1. The molecule has 4 nitrogen and oxygen atoms in total. The predicted octanol–water partition coefficient (Wildman–Crippen LogP) is 2.75. The summed E-state index contributed by atoms with van der Waals surface area (Å²) in [7, 11) is 1.70. The van der Waals surface area contributed by atoms with E-state index in [0.717, 1.165) is 31.7 Å². The molecule has 1 aromatic rings. The van der Waals surface area contributed by atoms with Crippen LogP contribution in [0.4, 0.5) is 0 Å².